The van der Waals surface area contributed by atoms with Gasteiger partial charge in [0.1, 0.15) is 6.04 Å². The lowest BCUT2D eigenvalue weighted by atomic mass is 10.0. The van der Waals surface area contributed by atoms with Crippen LogP contribution < -0.4 is 11.1 Å². The summed E-state index contributed by atoms with van der Waals surface area (Å²) in [6, 6.07) is 12.7. The van der Waals surface area contributed by atoms with Crippen molar-refractivity contribution >= 4 is 11.8 Å². The Morgan fingerprint density at radius 3 is 2.47 bits per heavy atom. The Hall–Kier alpha value is -3.62. The van der Waals surface area contributed by atoms with E-state index in [1.54, 1.807) is 31.2 Å². The van der Waals surface area contributed by atoms with Crippen LogP contribution in [0, 0.1) is 6.92 Å². The maximum atomic E-state index is 13.0. The Kier molecular flexibility index (Phi) is 5.91. The summed E-state index contributed by atoms with van der Waals surface area (Å²) in [6.45, 7) is 1.55. The second-order valence-electron chi connectivity index (χ2n) is 6.72. The Labute approximate surface area is 170 Å². The first kappa shape index (κ1) is 21.1. The van der Waals surface area contributed by atoms with Gasteiger partial charge in [-0.05, 0) is 30.7 Å². The van der Waals surface area contributed by atoms with E-state index in [9.17, 15) is 22.8 Å². The molecule has 0 aliphatic carbocycles. The van der Waals surface area contributed by atoms with Gasteiger partial charge in [-0.2, -0.15) is 18.3 Å². The Morgan fingerprint density at radius 1 is 1.13 bits per heavy atom. The van der Waals surface area contributed by atoms with Crippen molar-refractivity contribution in [2.24, 2.45) is 5.73 Å². The summed E-state index contributed by atoms with van der Waals surface area (Å²) in [7, 11) is 0. The summed E-state index contributed by atoms with van der Waals surface area (Å²) in [6.07, 6.45) is -3.04. The number of nitrogens with zero attached hydrogens (tertiary/aromatic N) is 2. The molecule has 9 heteroatoms. The van der Waals surface area contributed by atoms with Crippen LogP contribution in [0.4, 0.5) is 13.2 Å². The van der Waals surface area contributed by atoms with Crippen molar-refractivity contribution in [3.8, 4) is 5.69 Å². The molecule has 1 atom stereocenters. The van der Waals surface area contributed by atoms with Gasteiger partial charge in [-0.25, -0.2) is 4.68 Å². The van der Waals surface area contributed by atoms with Crippen LogP contribution in [0.1, 0.15) is 27.2 Å². The van der Waals surface area contributed by atoms with E-state index in [2.05, 4.69) is 10.4 Å². The zero-order chi connectivity index (χ0) is 21.9. The molecule has 3 rings (SSSR count). The number of benzene rings is 2. The van der Waals surface area contributed by atoms with Crippen molar-refractivity contribution in [2.45, 2.75) is 25.6 Å². The highest BCUT2D eigenvalue weighted by atomic mass is 19.4. The molecule has 3 aromatic rings. The molecule has 0 unspecified atom stereocenters. The number of nitrogens with two attached hydrogens (primary N) is 1. The maximum Gasteiger partial charge on any atom is 0.416 e. The normalized spacial score (nSPS) is 12.4. The standard InChI is InChI=1S/C21H19F3N4O2/c1-13-17(12-26-28(13)16-9-5-8-15(11-16)21(22,23)24)20(30)27-18(19(25)29)10-14-6-3-2-4-7-14/h2-9,11-12,18H,10H2,1H3,(H2,25,29)(H,27,30)/t18-/m0/s1. The van der Waals surface area contributed by atoms with Gasteiger partial charge in [0.25, 0.3) is 5.91 Å². The third-order valence-corrected chi connectivity index (χ3v) is 4.60. The molecule has 0 aliphatic heterocycles. The average molecular weight is 416 g/mol. The Morgan fingerprint density at radius 2 is 1.83 bits per heavy atom. The van der Waals surface area contributed by atoms with E-state index in [0.717, 1.165) is 17.7 Å². The van der Waals surface area contributed by atoms with Gasteiger partial charge < -0.3 is 11.1 Å². The third-order valence-electron chi connectivity index (χ3n) is 4.60. The topological polar surface area (TPSA) is 90.0 Å². The SMILES string of the molecule is Cc1c(C(=O)N[C@@H](Cc2ccccc2)C(N)=O)cnn1-c1cccc(C(F)(F)F)c1. The van der Waals surface area contributed by atoms with Gasteiger partial charge in [-0.15, -0.1) is 0 Å². The molecule has 0 aliphatic rings. The highest BCUT2D eigenvalue weighted by Gasteiger charge is 2.31. The third kappa shape index (κ3) is 4.68. The molecule has 0 bridgehead atoms. The first-order valence-electron chi connectivity index (χ1n) is 9.03. The van der Waals surface area contributed by atoms with Crippen LogP contribution in [0.25, 0.3) is 5.69 Å². The highest BCUT2D eigenvalue weighted by Crippen LogP contribution is 2.30. The van der Waals surface area contributed by atoms with Crippen molar-refractivity contribution in [1.82, 2.24) is 15.1 Å². The van der Waals surface area contributed by atoms with Crippen LogP contribution in [0.2, 0.25) is 0 Å². The van der Waals surface area contributed by atoms with Crippen molar-refractivity contribution in [1.29, 1.82) is 0 Å². The van der Waals surface area contributed by atoms with Gasteiger partial charge in [0.05, 0.1) is 28.7 Å². The van der Waals surface area contributed by atoms with Gasteiger partial charge in [-0.3, -0.25) is 9.59 Å². The lowest BCUT2D eigenvalue weighted by Crippen LogP contribution is -2.46. The fourth-order valence-corrected chi connectivity index (χ4v) is 3.02. The predicted molar refractivity (Wildman–Crippen MR) is 104 cm³/mol. The van der Waals surface area contributed by atoms with E-state index in [4.69, 9.17) is 5.73 Å². The number of carbonyl (C=O) groups excluding carboxylic acids is 2. The number of carbonyl (C=O) groups is 2. The van der Waals surface area contributed by atoms with E-state index in [0.29, 0.717) is 5.69 Å². The fourth-order valence-electron chi connectivity index (χ4n) is 3.02. The number of hydrogen-bond acceptors (Lipinski definition) is 3. The van der Waals surface area contributed by atoms with Gasteiger partial charge >= 0.3 is 6.18 Å². The van der Waals surface area contributed by atoms with Crippen LogP contribution in [0.15, 0.2) is 60.8 Å². The fraction of sp³-hybridized carbons (Fsp3) is 0.190. The molecule has 3 N–H and O–H groups in total. The van der Waals surface area contributed by atoms with Crippen molar-refractivity contribution in [3.63, 3.8) is 0 Å². The highest BCUT2D eigenvalue weighted by molar-refractivity contribution is 5.98. The molecular formula is C21H19F3N4O2. The summed E-state index contributed by atoms with van der Waals surface area (Å²) in [5.41, 5.74) is 6.04. The summed E-state index contributed by atoms with van der Waals surface area (Å²) < 4.78 is 40.2. The summed E-state index contributed by atoms with van der Waals surface area (Å²) in [5, 5.41) is 6.61. The minimum absolute atomic E-state index is 0.131. The van der Waals surface area contributed by atoms with Gasteiger partial charge in [-0.1, -0.05) is 36.4 Å². The number of hydrogen-bond donors (Lipinski definition) is 2. The number of amides is 2. The minimum Gasteiger partial charge on any atom is -0.368 e. The van der Waals surface area contributed by atoms with E-state index < -0.39 is 29.6 Å². The maximum absolute atomic E-state index is 13.0. The van der Waals surface area contributed by atoms with Crippen LogP contribution >= 0.6 is 0 Å². The Balaban J connectivity index is 1.82. The number of halogens is 3. The molecule has 0 saturated carbocycles. The van der Waals surface area contributed by atoms with Crippen LogP contribution in [-0.2, 0) is 17.4 Å². The van der Waals surface area contributed by atoms with E-state index in [1.165, 1.54) is 23.0 Å². The lowest BCUT2D eigenvalue weighted by Gasteiger charge is -2.15. The number of aromatic nitrogens is 2. The van der Waals surface area contributed by atoms with Crippen molar-refractivity contribution in [3.05, 3.63) is 83.2 Å². The number of primary amides is 1. The van der Waals surface area contributed by atoms with Crippen LogP contribution in [0.3, 0.4) is 0 Å². The molecule has 0 spiro atoms. The Bertz CT molecular complexity index is 1060. The molecule has 1 heterocycles. The van der Waals surface area contributed by atoms with E-state index in [-0.39, 0.29) is 17.7 Å². The molecule has 0 fully saturated rings. The largest absolute Gasteiger partial charge is 0.416 e. The summed E-state index contributed by atoms with van der Waals surface area (Å²) >= 11 is 0. The first-order chi connectivity index (χ1) is 14.2. The number of nitrogens with one attached hydrogen (secondary N) is 1. The smallest absolute Gasteiger partial charge is 0.368 e. The van der Waals surface area contributed by atoms with Gasteiger partial charge in [0.15, 0.2) is 0 Å². The molecule has 1 aromatic heterocycles. The van der Waals surface area contributed by atoms with Gasteiger partial charge in [0, 0.05) is 6.42 Å². The van der Waals surface area contributed by atoms with Crippen LogP contribution in [-0.4, -0.2) is 27.6 Å². The summed E-state index contributed by atoms with van der Waals surface area (Å²) in [5.74, 6) is -1.29. The molecule has 30 heavy (non-hydrogen) atoms. The molecule has 6 nitrogen and oxygen atoms in total. The molecule has 156 valence electrons. The summed E-state index contributed by atoms with van der Waals surface area (Å²) in [4.78, 5) is 24.5. The minimum atomic E-state index is -4.50. The zero-order valence-electron chi connectivity index (χ0n) is 16.0. The van der Waals surface area contributed by atoms with Crippen LogP contribution in [0.5, 0.6) is 0 Å². The van der Waals surface area contributed by atoms with Crippen molar-refractivity contribution < 1.29 is 22.8 Å². The van der Waals surface area contributed by atoms with E-state index in [1.807, 2.05) is 6.07 Å². The lowest BCUT2D eigenvalue weighted by molar-refractivity contribution is -0.137. The monoisotopic (exact) mass is 416 g/mol. The first-order valence-corrected chi connectivity index (χ1v) is 9.03. The molecular weight excluding hydrogens is 397 g/mol. The van der Waals surface area contributed by atoms with Crippen molar-refractivity contribution in [2.75, 3.05) is 0 Å². The number of rotatable bonds is 6. The second-order valence-corrected chi connectivity index (χ2v) is 6.72. The molecule has 0 radical (unpaired) electrons. The van der Waals surface area contributed by atoms with Gasteiger partial charge in [0.2, 0.25) is 5.91 Å². The molecule has 2 aromatic carbocycles. The molecule has 2 amide bonds. The average Bonchev–Trinajstić information content (AvgIpc) is 3.09. The zero-order valence-corrected chi connectivity index (χ0v) is 16.0. The quantitative estimate of drug-likeness (QED) is 0.647. The van der Waals surface area contributed by atoms with E-state index >= 15 is 0 Å². The second kappa shape index (κ2) is 8.40. The molecule has 0 saturated heterocycles. The predicted octanol–water partition coefficient (Wildman–Crippen LogP) is 3.03. The number of alkyl halides is 3.